The number of nitrogens with zero attached hydrogens (tertiary/aromatic N) is 1. The number of benzene rings is 3. The third-order valence-electron chi connectivity index (χ3n) is 5.31. The van der Waals surface area contributed by atoms with Gasteiger partial charge in [0.05, 0.1) is 0 Å². The maximum Gasteiger partial charge on any atom is 0.243 e. The van der Waals surface area contributed by atoms with Gasteiger partial charge in [-0.15, -0.1) is 0 Å². The van der Waals surface area contributed by atoms with Gasteiger partial charge in [0.1, 0.15) is 6.04 Å². The molecule has 33 heavy (non-hydrogen) atoms. The van der Waals surface area contributed by atoms with E-state index in [0.717, 1.165) is 16.7 Å². The van der Waals surface area contributed by atoms with Crippen LogP contribution in [0.15, 0.2) is 72.8 Å². The summed E-state index contributed by atoms with van der Waals surface area (Å²) < 4.78 is 0. The van der Waals surface area contributed by atoms with Gasteiger partial charge in [0.2, 0.25) is 11.8 Å². The highest BCUT2D eigenvalue weighted by Crippen LogP contribution is 2.21. The number of halogens is 3. The second kappa shape index (κ2) is 12.1. The molecule has 0 bridgehead atoms. The first kappa shape index (κ1) is 25.1. The van der Waals surface area contributed by atoms with Crippen molar-refractivity contribution >= 4 is 46.6 Å². The number of hydrogen-bond donors (Lipinski definition) is 1. The number of carbonyl (C=O) groups excluding carboxylic acids is 2. The second-order valence-electron chi connectivity index (χ2n) is 7.66. The molecule has 172 valence electrons. The van der Waals surface area contributed by atoms with Crippen molar-refractivity contribution in [2.24, 2.45) is 0 Å². The van der Waals surface area contributed by atoms with Crippen molar-refractivity contribution in [3.05, 3.63) is 105 Å². The van der Waals surface area contributed by atoms with Gasteiger partial charge in [-0.1, -0.05) is 90.3 Å². The maximum atomic E-state index is 13.4. The van der Waals surface area contributed by atoms with Crippen LogP contribution in [0.5, 0.6) is 0 Å². The van der Waals surface area contributed by atoms with Crippen molar-refractivity contribution in [3.63, 3.8) is 0 Å². The lowest BCUT2D eigenvalue weighted by Crippen LogP contribution is -2.50. The lowest BCUT2D eigenvalue weighted by Gasteiger charge is -2.31. The normalized spacial score (nSPS) is 11.6. The van der Waals surface area contributed by atoms with E-state index in [1.807, 2.05) is 42.5 Å². The van der Waals surface area contributed by atoms with E-state index in [4.69, 9.17) is 34.8 Å². The van der Waals surface area contributed by atoms with Crippen LogP contribution in [0.3, 0.4) is 0 Å². The van der Waals surface area contributed by atoms with Gasteiger partial charge in [-0.05, 0) is 41.0 Å². The Kier molecular flexibility index (Phi) is 9.19. The minimum absolute atomic E-state index is 0.106. The van der Waals surface area contributed by atoms with Gasteiger partial charge in [0.15, 0.2) is 0 Å². The van der Waals surface area contributed by atoms with Crippen molar-refractivity contribution in [1.82, 2.24) is 10.2 Å². The van der Waals surface area contributed by atoms with Gasteiger partial charge >= 0.3 is 0 Å². The zero-order valence-corrected chi connectivity index (χ0v) is 20.5. The van der Waals surface area contributed by atoms with Gasteiger partial charge in [-0.2, -0.15) is 0 Å². The Labute approximate surface area is 209 Å². The van der Waals surface area contributed by atoms with Crippen LogP contribution >= 0.6 is 34.8 Å². The van der Waals surface area contributed by atoms with E-state index in [9.17, 15) is 9.59 Å². The number of nitrogens with one attached hydrogen (secondary N) is 1. The molecule has 0 aliphatic heterocycles. The molecule has 4 nitrogen and oxygen atoms in total. The first-order valence-electron chi connectivity index (χ1n) is 10.7. The maximum absolute atomic E-state index is 13.4. The van der Waals surface area contributed by atoms with E-state index in [2.05, 4.69) is 5.32 Å². The molecule has 1 unspecified atom stereocenters. The molecule has 0 fully saturated rings. The first-order chi connectivity index (χ1) is 15.9. The van der Waals surface area contributed by atoms with E-state index < -0.39 is 6.04 Å². The third-order valence-corrected chi connectivity index (χ3v) is 6.15. The second-order valence-corrected chi connectivity index (χ2v) is 8.94. The first-order valence-corrected chi connectivity index (χ1v) is 11.8. The smallest absolute Gasteiger partial charge is 0.243 e. The molecule has 0 aromatic heterocycles. The van der Waals surface area contributed by atoms with Crippen LogP contribution in [0, 0.1) is 0 Å². The van der Waals surface area contributed by atoms with Crippen LogP contribution in [0.2, 0.25) is 15.1 Å². The molecule has 0 aliphatic carbocycles. The predicted molar refractivity (Wildman–Crippen MR) is 135 cm³/mol. The zero-order chi connectivity index (χ0) is 23.8. The molecule has 7 heteroatoms. The summed E-state index contributed by atoms with van der Waals surface area (Å²) in [4.78, 5) is 28.0. The van der Waals surface area contributed by atoms with Gasteiger partial charge in [-0.3, -0.25) is 9.59 Å². The largest absolute Gasteiger partial charge is 0.350 e. The fourth-order valence-electron chi connectivity index (χ4n) is 3.51. The SMILES string of the molecule is CCC(=O)N(Cc1ccc(Cl)cc1)C(Cc1ccccc1)C(=O)NCc1ccc(Cl)cc1Cl. The Morgan fingerprint density at radius 1 is 0.879 bits per heavy atom. The summed E-state index contributed by atoms with van der Waals surface area (Å²) in [6.45, 7) is 2.33. The monoisotopic (exact) mass is 502 g/mol. The van der Waals surface area contributed by atoms with Crippen LogP contribution in [-0.2, 0) is 29.1 Å². The molecule has 3 aromatic carbocycles. The summed E-state index contributed by atoms with van der Waals surface area (Å²) in [5.41, 5.74) is 2.61. The topological polar surface area (TPSA) is 49.4 Å². The predicted octanol–water partition coefficient (Wildman–Crippen LogP) is 6.31. The van der Waals surface area contributed by atoms with Gasteiger partial charge < -0.3 is 10.2 Å². The van der Waals surface area contributed by atoms with Crippen molar-refractivity contribution < 1.29 is 9.59 Å². The van der Waals surface area contributed by atoms with Crippen LogP contribution in [-0.4, -0.2) is 22.8 Å². The Hall–Kier alpha value is -2.53. The molecule has 0 saturated heterocycles. The van der Waals surface area contributed by atoms with Gasteiger partial charge in [-0.25, -0.2) is 0 Å². The molecule has 3 rings (SSSR count). The molecule has 3 aromatic rings. The molecule has 0 radical (unpaired) electrons. The van der Waals surface area contributed by atoms with E-state index in [1.165, 1.54) is 0 Å². The molecular weight excluding hydrogens is 479 g/mol. The fraction of sp³-hybridized carbons (Fsp3) is 0.231. The van der Waals surface area contributed by atoms with Crippen LogP contribution in [0.25, 0.3) is 0 Å². The molecule has 1 N–H and O–H groups in total. The van der Waals surface area contributed by atoms with Crippen molar-refractivity contribution in [3.8, 4) is 0 Å². The summed E-state index contributed by atoms with van der Waals surface area (Å²) >= 11 is 18.3. The van der Waals surface area contributed by atoms with E-state index >= 15 is 0 Å². The molecule has 1 atom stereocenters. The Morgan fingerprint density at radius 2 is 1.55 bits per heavy atom. The minimum Gasteiger partial charge on any atom is -0.350 e. The van der Waals surface area contributed by atoms with Crippen LogP contribution < -0.4 is 5.32 Å². The van der Waals surface area contributed by atoms with Crippen LogP contribution in [0.1, 0.15) is 30.0 Å². The fourth-order valence-corrected chi connectivity index (χ4v) is 4.11. The molecule has 0 spiro atoms. The number of amides is 2. The summed E-state index contributed by atoms with van der Waals surface area (Å²) in [5, 5.41) is 4.57. The van der Waals surface area contributed by atoms with E-state index in [-0.39, 0.29) is 24.8 Å². The number of carbonyl (C=O) groups is 2. The quantitative estimate of drug-likeness (QED) is 0.372. The summed E-state index contributed by atoms with van der Waals surface area (Å²) in [6.07, 6.45) is 0.676. The standard InChI is InChI=1S/C26H25Cl3N2O2/c1-2-25(32)31(17-19-8-11-21(27)12-9-19)24(14-18-6-4-3-5-7-18)26(33)30-16-20-10-13-22(28)15-23(20)29/h3-13,15,24H,2,14,16-17H2,1H3,(H,30,33). The molecule has 0 heterocycles. The number of hydrogen-bond acceptors (Lipinski definition) is 2. The Bertz CT molecular complexity index is 1090. The van der Waals surface area contributed by atoms with Crippen LogP contribution in [0.4, 0.5) is 0 Å². The Balaban J connectivity index is 1.86. The third kappa shape index (κ3) is 7.23. The number of rotatable bonds is 9. The minimum atomic E-state index is -0.693. The summed E-state index contributed by atoms with van der Waals surface area (Å²) in [5.74, 6) is -0.355. The van der Waals surface area contributed by atoms with Gasteiger partial charge in [0, 0.05) is 41.0 Å². The highest BCUT2D eigenvalue weighted by molar-refractivity contribution is 6.35. The molecule has 2 amide bonds. The van der Waals surface area contributed by atoms with Crippen molar-refractivity contribution in [2.75, 3.05) is 0 Å². The molecular formula is C26H25Cl3N2O2. The zero-order valence-electron chi connectivity index (χ0n) is 18.2. The molecule has 0 saturated carbocycles. The molecule has 0 aliphatic rings. The highest BCUT2D eigenvalue weighted by Gasteiger charge is 2.29. The summed E-state index contributed by atoms with van der Waals surface area (Å²) in [7, 11) is 0. The lowest BCUT2D eigenvalue weighted by molar-refractivity contribution is -0.141. The Morgan fingerprint density at radius 3 is 2.18 bits per heavy atom. The van der Waals surface area contributed by atoms with Crippen molar-refractivity contribution in [1.29, 1.82) is 0 Å². The van der Waals surface area contributed by atoms with Gasteiger partial charge in [0.25, 0.3) is 0 Å². The van der Waals surface area contributed by atoms with E-state index in [1.54, 1.807) is 42.2 Å². The average Bonchev–Trinajstić information content (AvgIpc) is 2.82. The lowest BCUT2D eigenvalue weighted by atomic mass is 10.0. The van der Waals surface area contributed by atoms with E-state index in [0.29, 0.717) is 28.0 Å². The van der Waals surface area contributed by atoms with Crippen molar-refractivity contribution in [2.45, 2.75) is 38.9 Å². The average molecular weight is 504 g/mol. The highest BCUT2D eigenvalue weighted by atomic mass is 35.5. The summed E-state index contributed by atoms with van der Waals surface area (Å²) in [6, 6.07) is 21.4.